The van der Waals surface area contributed by atoms with Crippen molar-refractivity contribution in [3.63, 3.8) is 0 Å². The molecule has 0 saturated carbocycles. The summed E-state index contributed by atoms with van der Waals surface area (Å²) in [7, 11) is 0. The smallest absolute Gasteiger partial charge is 0.300 e. The van der Waals surface area contributed by atoms with E-state index in [2.05, 4.69) is 6.92 Å². The lowest BCUT2D eigenvalue weighted by molar-refractivity contribution is -0.132. The van der Waals surface area contributed by atoms with Crippen LogP contribution in [-0.4, -0.2) is 23.4 Å². The van der Waals surface area contributed by atoms with Gasteiger partial charge in [-0.25, -0.2) is 0 Å². The van der Waals surface area contributed by atoms with E-state index in [4.69, 9.17) is 20.8 Å². The van der Waals surface area contributed by atoms with Crippen LogP contribution < -0.4 is 9.64 Å². The van der Waals surface area contributed by atoms with Crippen molar-refractivity contribution < 1.29 is 23.8 Å². The first-order chi connectivity index (χ1) is 16.0. The first kappa shape index (κ1) is 22.7. The molecule has 2 aromatic carbocycles. The number of benzene rings is 2. The third kappa shape index (κ3) is 4.66. The van der Waals surface area contributed by atoms with Crippen molar-refractivity contribution >= 4 is 34.7 Å². The second-order valence-electron chi connectivity index (χ2n) is 7.74. The highest BCUT2D eigenvalue weighted by molar-refractivity contribution is 6.51. The van der Waals surface area contributed by atoms with Crippen LogP contribution in [0.2, 0.25) is 5.02 Å². The van der Waals surface area contributed by atoms with Crippen molar-refractivity contribution in [2.24, 2.45) is 0 Å². The number of carbonyl (C=O) groups excluding carboxylic acids is 2. The molecule has 7 heteroatoms. The van der Waals surface area contributed by atoms with Crippen LogP contribution in [0.5, 0.6) is 5.75 Å². The molecule has 2 heterocycles. The van der Waals surface area contributed by atoms with E-state index in [1.54, 1.807) is 60.7 Å². The van der Waals surface area contributed by atoms with E-state index >= 15 is 0 Å². The number of amides is 1. The predicted octanol–water partition coefficient (Wildman–Crippen LogP) is 6.13. The van der Waals surface area contributed by atoms with E-state index in [1.165, 1.54) is 11.2 Å². The number of rotatable bonds is 8. The lowest BCUT2D eigenvalue weighted by atomic mass is 9.99. The van der Waals surface area contributed by atoms with Gasteiger partial charge < -0.3 is 14.3 Å². The molecule has 1 saturated heterocycles. The van der Waals surface area contributed by atoms with Crippen LogP contribution in [-0.2, 0) is 9.59 Å². The van der Waals surface area contributed by atoms with Crippen LogP contribution in [0.3, 0.4) is 0 Å². The fourth-order valence-corrected chi connectivity index (χ4v) is 4.03. The predicted molar refractivity (Wildman–Crippen MR) is 126 cm³/mol. The number of ether oxygens (including phenoxy) is 1. The maximum atomic E-state index is 13.1. The van der Waals surface area contributed by atoms with Gasteiger partial charge in [-0.2, -0.15) is 0 Å². The molecular weight excluding hydrogens is 442 g/mol. The molecule has 170 valence electrons. The summed E-state index contributed by atoms with van der Waals surface area (Å²) in [6.07, 6.45) is 4.63. The van der Waals surface area contributed by atoms with Crippen molar-refractivity contribution in [1.29, 1.82) is 0 Å². The van der Waals surface area contributed by atoms with Gasteiger partial charge in [0.25, 0.3) is 11.7 Å². The number of anilines is 1. The van der Waals surface area contributed by atoms with E-state index in [1.807, 2.05) is 0 Å². The minimum atomic E-state index is -0.927. The number of hydrogen-bond donors (Lipinski definition) is 1. The third-order valence-corrected chi connectivity index (χ3v) is 5.72. The molecular formula is C26H24ClNO5. The fraction of sp³-hybridized carbons (Fsp3) is 0.231. The van der Waals surface area contributed by atoms with Crippen molar-refractivity contribution in [3.8, 4) is 5.75 Å². The third-order valence-electron chi connectivity index (χ3n) is 5.49. The standard InChI is InChI=1S/C26H24ClNO5/c1-2-3-4-14-32-20-12-10-17(11-13-20)24(29)22-23(21-9-6-15-33-21)28(26(31)25(22)30)19-8-5-7-18(27)16-19/h5-13,15-16,23,29H,2-4,14H2,1H3/b24-22-. The van der Waals surface area contributed by atoms with Gasteiger partial charge in [0.1, 0.15) is 23.3 Å². The Morgan fingerprint density at radius 2 is 1.88 bits per heavy atom. The van der Waals surface area contributed by atoms with Gasteiger partial charge in [0, 0.05) is 16.3 Å². The van der Waals surface area contributed by atoms with E-state index in [-0.39, 0.29) is 11.3 Å². The summed E-state index contributed by atoms with van der Waals surface area (Å²) in [5.74, 6) is -0.821. The SMILES string of the molecule is CCCCCOc1ccc(/C(O)=C2/C(=O)C(=O)N(c3cccc(Cl)c3)C2c2ccco2)cc1. The molecule has 1 amide bonds. The van der Waals surface area contributed by atoms with Crippen LogP contribution in [0.15, 0.2) is 76.9 Å². The number of Topliss-reactive ketones (excluding diaryl/α,β-unsaturated/α-hetero) is 1. The molecule has 1 aliphatic heterocycles. The van der Waals surface area contributed by atoms with Gasteiger partial charge in [0.05, 0.1) is 18.4 Å². The summed E-state index contributed by atoms with van der Waals surface area (Å²) in [4.78, 5) is 27.4. The average Bonchev–Trinajstić information content (AvgIpc) is 3.44. The van der Waals surface area contributed by atoms with Crippen LogP contribution >= 0.6 is 11.6 Å². The molecule has 1 N–H and O–H groups in total. The quantitative estimate of drug-likeness (QED) is 0.187. The van der Waals surface area contributed by atoms with Gasteiger partial charge in [0.15, 0.2) is 0 Å². The first-order valence-corrected chi connectivity index (χ1v) is 11.2. The molecule has 4 rings (SSSR count). The lowest BCUT2D eigenvalue weighted by Crippen LogP contribution is -2.29. The fourth-order valence-electron chi connectivity index (χ4n) is 3.85. The van der Waals surface area contributed by atoms with Crippen molar-refractivity contribution in [2.45, 2.75) is 32.2 Å². The second-order valence-corrected chi connectivity index (χ2v) is 8.18. The molecule has 1 unspecified atom stereocenters. The van der Waals surface area contributed by atoms with Crippen LogP contribution in [0, 0.1) is 0 Å². The number of unbranched alkanes of at least 4 members (excludes halogenated alkanes) is 2. The number of halogens is 1. The van der Waals surface area contributed by atoms with Crippen LogP contribution in [0.1, 0.15) is 43.6 Å². The minimum Gasteiger partial charge on any atom is -0.507 e. The minimum absolute atomic E-state index is 0.0495. The Labute approximate surface area is 197 Å². The maximum absolute atomic E-state index is 13.1. The summed E-state index contributed by atoms with van der Waals surface area (Å²) < 4.78 is 11.3. The molecule has 0 radical (unpaired) electrons. The normalized spacial score (nSPS) is 17.5. The Hall–Kier alpha value is -3.51. The van der Waals surface area contributed by atoms with E-state index < -0.39 is 17.7 Å². The highest BCUT2D eigenvalue weighted by atomic mass is 35.5. The molecule has 1 aromatic heterocycles. The van der Waals surface area contributed by atoms with Crippen molar-refractivity contribution in [2.75, 3.05) is 11.5 Å². The first-order valence-electron chi connectivity index (χ1n) is 10.8. The Morgan fingerprint density at radius 1 is 1.09 bits per heavy atom. The van der Waals surface area contributed by atoms with Gasteiger partial charge in [-0.15, -0.1) is 0 Å². The highest BCUT2D eigenvalue weighted by Crippen LogP contribution is 2.42. The zero-order chi connectivity index (χ0) is 23.4. The number of hydrogen-bond acceptors (Lipinski definition) is 5. The topological polar surface area (TPSA) is 80.0 Å². The Bertz CT molecular complexity index is 1170. The van der Waals surface area contributed by atoms with E-state index in [0.29, 0.717) is 34.4 Å². The lowest BCUT2D eigenvalue weighted by Gasteiger charge is -2.23. The van der Waals surface area contributed by atoms with Gasteiger partial charge in [-0.05, 0) is 61.0 Å². The van der Waals surface area contributed by atoms with Gasteiger partial charge in [0.2, 0.25) is 0 Å². The zero-order valence-corrected chi connectivity index (χ0v) is 18.9. The molecule has 1 aliphatic rings. The molecule has 0 bridgehead atoms. The summed E-state index contributed by atoms with van der Waals surface area (Å²) in [5, 5.41) is 11.5. The number of nitrogens with zero attached hydrogens (tertiary/aromatic N) is 1. The molecule has 0 spiro atoms. The Morgan fingerprint density at radius 3 is 2.55 bits per heavy atom. The number of aliphatic hydroxyl groups is 1. The van der Waals surface area contributed by atoms with Crippen molar-refractivity contribution in [1.82, 2.24) is 0 Å². The average molecular weight is 466 g/mol. The largest absolute Gasteiger partial charge is 0.507 e. The second kappa shape index (κ2) is 9.96. The number of carbonyl (C=O) groups is 2. The molecule has 33 heavy (non-hydrogen) atoms. The maximum Gasteiger partial charge on any atom is 0.300 e. The Kier molecular flexibility index (Phi) is 6.84. The zero-order valence-electron chi connectivity index (χ0n) is 18.2. The molecule has 3 aromatic rings. The van der Waals surface area contributed by atoms with Crippen LogP contribution in [0.4, 0.5) is 5.69 Å². The van der Waals surface area contributed by atoms with Gasteiger partial charge >= 0.3 is 0 Å². The number of ketones is 1. The van der Waals surface area contributed by atoms with Crippen molar-refractivity contribution in [3.05, 3.63) is 88.8 Å². The molecule has 0 aliphatic carbocycles. The number of furan rings is 1. The van der Waals surface area contributed by atoms with E-state index in [0.717, 1.165) is 19.3 Å². The summed E-state index contributed by atoms with van der Waals surface area (Å²) in [6.45, 7) is 2.74. The molecule has 1 atom stereocenters. The summed E-state index contributed by atoms with van der Waals surface area (Å²) >= 11 is 6.12. The summed E-state index contributed by atoms with van der Waals surface area (Å²) in [6, 6.07) is 15.8. The van der Waals surface area contributed by atoms with Crippen LogP contribution in [0.25, 0.3) is 5.76 Å². The monoisotopic (exact) mass is 465 g/mol. The molecule has 6 nitrogen and oxygen atoms in total. The summed E-state index contributed by atoms with van der Waals surface area (Å²) in [5.41, 5.74) is 0.781. The molecule has 1 fully saturated rings. The highest BCUT2D eigenvalue weighted by Gasteiger charge is 2.48. The Balaban J connectivity index is 1.71. The van der Waals surface area contributed by atoms with E-state index in [9.17, 15) is 14.7 Å². The van der Waals surface area contributed by atoms with Gasteiger partial charge in [-0.3, -0.25) is 14.5 Å². The number of aliphatic hydroxyl groups excluding tert-OH is 1. The van der Waals surface area contributed by atoms with Gasteiger partial charge in [-0.1, -0.05) is 37.4 Å².